The molecule has 1 saturated heterocycles. The van der Waals surface area contributed by atoms with Gasteiger partial charge in [0.2, 0.25) is 0 Å². The minimum Gasteiger partial charge on any atom is -0.481 e. The fourth-order valence-corrected chi connectivity index (χ4v) is 3.31. The molecule has 1 aliphatic rings. The standard InChI is InChI=1S/C16H23NO2/c1-12-9-14(10-15(18)19)16(2,3)17(12)11-13-7-5-4-6-8-13/h4-8,12,14H,9-11H2,1-3H3,(H,18,19). The van der Waals surface area contributed by atoms with Crippen molar-refractivity contribution in [1.82, 2.24) is 4.90 Å². The van der Waals surface area contributed by atoms with Gasteiger partial charge in [-0.05, 0) is 38.7 Å². The van der Waals surface area contributed by atoms with Crippen LogP contribution in [-0.4, -0.2) is 27.6 Å². The molecule has 3 nitrogen and oxygen atoms in total. The summed E-state index contributed by atoms with van der Waals surface area (Å²) in [6, 6.07) is 10.8. The summed E-state index contributed by atoms with van der Waals surface area (Å²) >= 11 is 0. The Labute approximate surface area is 115 Å². The predicted octanol–water partition coefficient (Wildman–Crippen LogP) is 3.15. The van der Waals surface area contributed by atoms with Crippen molar-refractivity contribution in [2.45, 2.75) is 51.7 Å². The Morgan fingerprint density at radius 1 is 1.37 bits per heavy atom. The number of benzene rings is 1. The molecular formula is C16H23NO2. The molecule has 0 amide bonds. The lowest BCUT2D eigenvalue weighted by molar-refractivity contribution is -0.138. The van der Waals surface area contributed by atoms with Crippen LogP contribution in [0, 0.1) is 5.92 Å². The number of carbonyl (C=O) groups is 1. The highest BCUT2D eigenvalue weighted by Crippen LogP contribution is 2.41. The van der Waals surface area contributed by atoms with Crippen molar-refractivity contribution in [2.24, 2.45) is 5.92 Å². The number of carboxylic acids is 1. The monoisotopic (exact) mass is 261 g/mol. The van der Waals surface area contributed by atoms with Crippen LogP contribution in [0.4, 0.5) is 0 Å². The quantitative estimate of drug-likeness (QED) is 0.905. The van der Waals surface area contributed by atoms with Crippen LogP contribution in [0.3, 0.4) is 0 Å². The second-order valence-corrected chi connectivity index (χ2v) is 6.15. The molecule has 0 saturated carbocycles. The number of carboxylic acid groups (broad SMARTS) is 1. The van der Waals surface area contributed by atoms with Crippen LogP contribution < -0.4 is 0 Å². The Bertz CT molecular complexity index is 441. The topological polar surface area (TPSA) is 40.5 Å². The van der Waals surface area contributed by atoms with Crippen LogP contribution in [0.25, 0.3) is 0 Å². The highest BCUT2D eigenvalue weighted by atomic mass is 16.4. The summed E-state index contributed by atoms with van der Waals surface area (Å²) in [5.74, 6) is -0.462. The molecule has 0 spiro atoms. The molecule has 104 valence electrons. The molecular weight excluding hydrogens is 238 g/mol. The van der Waals surface area contributed by atoms with Crippen molar-refractivity contribution in [3.8, 4) is 0 Å². The van der Waals surface area contributed by atoms with E-state index < -0.39 is 5.97 Å². The SMILES string of the molecule is CC1CC(CC(=O)O)C(C)(C)N1Cc1ccccc1. The van der Waals surface area contributed by atoms with E-state index in [0.29, 0.717) is 6.04 Å². The van der Waals surface area contributed by atoms with Crippen LogP contribution in [0.5, 0.6) is 0 Å². The van der Waals surface area contributed by atoms with Gasteiger partial charge in [0.1, 0.15) is 0 Å². The maximum atomic E-state index is 11.0. The minimum atomic E-state index is -0.688. The van der Waals surface area contributed by atoms with Gasteiger partial charge in [0.15, 0.2) is 0 Å². The highest BCUT2D eigenvalue weighted by Gasteiger charge is 2.45. The number of rotatable bonds is 4. The molecule has 3 heteroatoms. The third-order valence-electron chi connectivity index (χ3n) is 4.51. The van der Waals surface area contributed by atoms with Crippen molar-refractivity contribution < 1.29 is 9.90 Å². The second kappa shape index (κ2) is 5.33. The molecule has 2 atom stereocenters. The summed E-state index contributed by atoms with van der Waals surface area (Å²) in [6.45, 7) is 7.44. The van der Waals surface area contributed by atoms with Crippen molar-refractivity contribution in [3.05, 3.63) is 35.9 Å². The minimum absolute atomic E-state index is 0.0619. The van der Waals surface area contributed by atoms with Gasteiger partial charge in [-0.2, -0.15) is 0 Å². The van der Waals surface area contributed by atoms with E-state index >= 15 is 0 Å². The lowest BCUT2D eigenvalue weighted by Gasteiger charge is -2.37. The molecule has 1 heterocycles. The first-order valence-corrected chi connectivity index (χ1v) is 6.93. The lowest BCUT2D eigenvalue weighted by atomic mass is 9.85. The Morgan fingerprint density at radius 2 is 2.00 bits per heavy atom. The van der Waals surface area contributed by atoms with Crippen LogP contribution in [-0.2, 0) is 11.3 Å². The van der Waals surface area contributed by atoms with E-state index in [2.05, 4.69) is 49.9 Å². The largest absolute Gasteiger partial charge is 0.481 e. The number of likely N-dealkylation sites (tertiary alicyclic amines) is 1. The van der Waals surface area contributed by atoms with E-state index in [1.54, 1.807) is 0 Å². The normalized spacial score (nSPS) is 26.5. The predicted molar refractivity (Wildman–Crippen MR) is 75.9 cm³/mol. The fourth-order valence-electron chi connectivity index (χ4n) is 3.31. The molecule has 1 aromatic rings. The summed E-state index contributed by atoms with van der Waals surface area (Å²) < 4.78 is 0. The van der Waals surface area contributed by atoms with E-state index in [0.717, 1.165) is 13.0 Å². The van der Waals surface area contributed by atoms with E-state index in [9.17, 15) is 4.79 Å². The first-order chi connectivity index (χ1) is 8.91. The van der Waals surface area contributed by atoms with E-state index in [1.807, 2.05) is 6.07 Å². The zero-order chi connectivity index (χ0) is 14.0. The lowest BCUT2D eigenvalue weighted by Crippen LogP contribution is -2.44. The van der Waals surface area contributed by atoms with Crippen molar-refractivity contribution in [1.29, 1.82) is 0 Å². The van der Waals surface area contributed by atoms with Gasteiger partial charge in [-0.15, -0.1) is 0 Å². The van der Waals surface area contributed by atoms with Crippen LogP contribution >= 0.6 is 0 Å². The summed E-state index contributed by atoms with van der Waals surface area (Å²) in [7, 11) is 0. The number of hydrogen-bond donors (Lipinski definition) is 1. The maximum Gasteiger partial charge on any atom is 0.303 e. The van der Waals surface area contributed by atoms with Crippen molar-refractivity contribution in [3.63, 3.8) is 0 Å². The van der Waals surface area contributed by atoms with Crippen LogP contribution in [0.2, 0.25) is 0 Å². The average Bonchev–Trinajstić information content (AvgIpc) is 2.54. The van der Waals surface area contributed by atoms with E-state index in [4.69, 9.17) is 5.11 Å². The number of hydrogen-bond acceptors (Lipinski definition) is 2. The summed E-state index contributed by atoms with van der Waals surface area (Å²) in [6.07, 6.45) is 1.23. The molecule has 1 aliphatic heterocycles. The molecule has 0 aliphatic carbocycles. The van der Waals surface area contributed by atoms with Crippen molar-refractivity contribution in [2.75, 3.05) is 0 Å². The molecule has 0 aromatic heterocycles. The smallest absolute Gasteiger partial charge is 0.303 e. The number of aliphatic carboxylic acids is 1. The Morgan fingerprint density at radius 3 is 2.58 bits per heavy atom. The zero-order valence-electron chi connectivity index (χ0n) is 12.0. The Hall–Kier alpha value is -1.35. The van der Waals surface area contributed by atoms with Gasteiger partial charge in [0.25, 0.3) is 0 Å². The van der Waals surface area contributed by atoms with E-state index in [1.165, 1.54) is 5.56 Å². The number of nitrogens with zero attached hydrogens (tertiary/aromatic N) is 1. The van der Waals surface area contributed by atoms with Gasteiger partial charge in [0, 0.05) is 24.5 Å². The Balaban J connectivity index is 2.14. The van der Waals surface area contributed by atoms with Gasteiger partial charge in [-0.25, -0.2) is 0 Å². The van der Waals surface area contributed by atoms with E-state index in [-0.39, 0.29) is 17.9 Å². The van der Waals surface area contributed by atoms with Crippen molar-refractivity contribution >= 4 is 5.97 Å². The average molecular weight is 261 g/mol. The van der Waals surface area contributed by atoms with Crippen LogP contribution in [0.1, 0.15) is 39.2 Å². The van der Waals surface area contributed by atoms with Crippen LogP contribution in [0.15, 0.2) is 30.3 Å². The first-order valence-electron chi connectivity index (χ1n) is 6.93. The molecule has 1 N–H and O–H groups in total. The molecule has 1 aromatic carbocycles. The molecule has 0 radical (unpaired) electrons. The van der Waals surface area contributed by atoms with Gasteiger partial charge in [-0.3, -0.25) is 9.69 Å². The molecule has 2 unspecified atom stereocenters. The first kappa shape index (κ1) is 14.1. The molecule has 2 rings (SSSR count). The molecule has 19 heavy (non-hydrogen) atoms. The van der Waals surface area contributed by atoms with Gasteiger partial charge >= 0.3 is 5.97 Å². The fraction of sp³-hybridized carbons (Fsp3) is 0.562. The third kappa shape index (κ3) is 2.98. The Kier molecular flexibility index (Phi) is 3.95. The summed E-state index contributed by atoms with van der Waals surface area (Å²) in [4.78, 5) is 13.4. The molecule has 0 bridgehead atoms. The summed E-state index contributed by atoms with van der Waals surface area (Å²) in [5, 5.41) is 9.05. The zero-order valence-corrected chi connectivity index (χ0v) is 12.0. The van der Waals surface area contributed by atoms with Gasteiger partial charge < -0.3 is 5.11 Å². The second-order valence-electron chi connectivity index (χ2n) is 6.15. The third-order valence-corrected chi connectivity index (χ3v) is 4.51. The summed E-state index contributed by atoms with van der Waals surface area (Å²) in [5.41, 5.74) is 1.23. The maximum absolute atomic E-state index is 11.0. The molecule has 1 fully saturated rings. The van der Waals surface area contributed by atoms with Gasteiger partial charge in [-0.1, -0.05) is 30.3 Å². The van der Waals surface area contributed by atoms with Gasteiger partial charge in [0.05, 0.1) is 0 Å². The highest BCUT2D eigenvalue weighted by molar-refractivity contribution is 5.67.